The van der Waals surface area contributed by atoms with Crippen LogP contribution < -0.4 is 5.73 Å². The molecule has 5 fully saturated rings. The van der Waals surface area contributed by atoms with Gasteiger partial charge in [-0.1, -0.05) is 0 Å². The number of nitrogens with two attached hydrogens (primary N) is 1. The van der Waals surface area contributed by atoms with E-state index in [2.05, 4.69) is 0 Å². The fourth-order valence-electron chi connectivity index (χ4n) is 6.68. The van der Waals surface area contributed by atoms with E-state index in [-0.39, 0.29) is 49.1 Å². The van der Waals surface area contributed by atoms with Crippen molar-refractivity contribution in [3.05, 3.63) is 0 Å². The van der Waals surface area contributed by atoms with Gasteiger partial charge in [-0.2, -0.15) is 0 Å². The van der Waals surface area contributed by atoms with E-state index in [0.29, 0.717) is 25.4 Å². The Morgan fingerprint density at radius 1 is 1.16 bits per heavy atom. The van der Waals surface area contributed by atoms with Gasteiger partial charge in [-0.3, -0.25) is 4.79 Å². The van der Waals surface area contributed by atoms with Crippen LogP contribution in [0.2, 0.25) is 0 Å². The lowest BCUT2D eigenvalue weighted by Gasteiger charge is -2.58. The second kappa shape index (κ2) is 8.39. The molecule has 32 heavy (non-hydrogen) atoms. The number of aliphatic hydroxyl groups excluding tert-OH is 1. The van der Waals surface area contributed by atoms with Gasteiger partial charge >= 0.3 is 12.2 Å². The zero-order chi connectivity index (χ0) is 23.3. The van der Waals surface area contributed by atoms with Gasteiger partial charge in [-0.05, 0) is 77.0 Å². The summed E-state index contributed by atoms with van der Waals surface area (Å²) in [4.78, 5) is 40.9. The smallest absolute Gasteiger partial charge is 0.410 e. The van der Waals surface area contributed by atoms with Crippen LogP contribution in [0, 0.1) is 23.2 Å². The van der Waals surface area contributed by atoms with E-state index in [9.17, 15) is 19.5 Å². The van der Waals surface area contributed by atoms with Gasteiger partial charge in [0.2, 0.25) is 5.91 Å². The molecule has 1 heterocycles. The van der Waals surface area contributed by atoms with Crippen molar-refractivity contribution < 1.29 is 29.0 Å². The third-order valence-electron chi connectivity index (χ3n) is 7.78. The maximum atomic E-state index is 13.0. The summed E-state index contributed by atoms with van der Waals surface area (Å²) in [6.45, 7) is 6.23. The Morgan fingerprint density at radius 3 is 2.38 bits per heavy atom. The highest BCUT2D eigenvalue weighted by molar-refractivity contribution is 5.81. The van der Waals surface area contributed by atoms with E-state index in [1.54, 1.807) is 25.7 Å². The maximum Gasteiger partial charge on any atom is 0.410 e. The Hall–Kier alpha value is -2.03. The normalized spacial score (nSPS) is 35.6. The summed E-state index contributed by atoms with van der Waals surface area (Å²) in [5.41, 5.74) is 4.71. The van der Waals surface area contributed by atoms with Crippen LogP contribution in [0.1, 0.15) is 59.3 Å². The van der Waals surface area contributed by atoms with E-state index in [1.807, 2.05) is 0 Å². The summed E-state index contributed by atoms with van der Waals surface area (Å²) in [7, 11) is 0. The van der Waals surface area contributed by atoms with Crippen LogP contribution in [0.15, 0.2) is 0 Å². The largest absolute Gasteiger partial charge is 0.446 e. The summed E-state index contributed by atoms with van der Waals surface area (Å²) >= 11 is 0. The molecule has 1 saturated heterocycles. The van der Waals surface area contributed by atoms with Crippen molar-refractivity contribution in [3.8, 4) is 0 Å². The molecule has 180 valence electrons. The number of carbonyl (C=O) groups excluding carboxylic acids is 3. The van der Waals surface area contributed by atoms with E-state index in [4.69, 9.17) is 15.2 Å². The summed E-state index contributed by atoms with van der Waals surface area (Å²) in [6.07, 6.45) is 3.93. The molecule has 9 heteroatoms. The predicted octanol–water partition coefficient (Wildman–Crippen LogP) is 2.11. The van der Waals surface area contributed by atoms with E-state index in [0.717, 1.165) is 32.1 Å². The monoisotopic (exact) mass is 451 g/mol. The summed E-state index contributed by atoms with van der Waals surface area (Å²) < 4.78 is 11.5. The number of nitrogens with zero attached hydrogens (tertiary/aromatic N) is 2. The van der Waals surface area contributed by atoms with Crippen LogP contribution in [0.25, 0.3) is 0 Å². The molecule has 5 rings (SSSR count). The molecule has 2 unspecified atom stereocenters. The summed E-state index contributed by atoms with van der Waals surface area (Å²) in [5.74, 6) is 0.703. The minimum Gasteiger partial charge on any atom is -0.446 e. The minimum atomic E-state index is -0.635. The number of likely N-dealkylation sites (tertiary alicyclic amines) is 1. The molecule has 3 atom stereocenters. The van der Waals surface area contributed by atoms with Gasteiger partial charge in [0.05, 0.1) is 18.1 Å². The van der Waals surface area contributed by atoms with Crippen LogP contribution >= 0.6 is 0 Å². The molecule has 0 aromatic rings. The molecule has 9 nitrogen and oxygen atoms in total. The van der Waals surface area contributed by atoms with Crippen molar-refractivity contribution in [2.75, 3.05) is 26.2 Å². The Balaban J connectivity index is 1.36. The molecule has 0 radical (unpaired) electrons. The van der Waals surface area contributed by atoms with Gasteiger partial charge in [-0.15, -0.1) is 0 Å². The minimum absolute atomic E-state index is 0.159. The van der Waals surface area contributed by atoms with E-state index >= 15 is 0 Å². The fraction of sp³-hybridized carbons (Fsp3) is 0.870. The quantitative estimate of drug-likeness (QED) is 0.660. The topological polar surface area (TPSA) is 122 Å². The van der Waals surface area contributed by atoms with Gasteiger partial charge in [0.25, 0.3) is 0 Å². The zero-order valence-corrected chi connectivity index (χ0v) is 19.4. The molecular weight excluding hydrogens is 414 g/mol. The number of amides is 3. The molecule has 4 aliphatic carbocycles. The standard InChI is InChI=1S/C23H37N3O6/c1-22(2,3)32-21(30)26(6-7-27)17-4-5-25(13-17)20(29)31-18-15-8-14-9-16(18)12-23(10-14,11-15)19(24)28/h14-18,27H,4-13H2,1-3H3,(H2,24,28)/t14?,15?,16?,17-,18-,23-/m1/s1. The average molecular weight is 452 g/mol. The first-order valence-electron chi connectivity index (χ1n) is 11.9. The molecule has 3 amide bonds. The predicted molar refractivity (Wildman–Crippen MR) is 115 cm³/mol. The van der Waals surface area contributed by atoms with Crippen molar-refractivity contribution in [1.29, 1.82) is 0 Å². The molecule has 0 aromatic carbocycles. The van der Waals surface area contributed by atoms with E-state index < -0.39 is 17.1 Å². The molecule has 5 aliphatic rings. The molecule has 3 N–H and O–H groups in total. The van der Waals surface area contributed by atoms with E-state index in [1.165, 1.54) is 4.90 Å². The van der Waals surface area contributed by atoms with Gasteiger partial charge < -0.3 is 30.1 Å². The summed E-state index contributed by atoms with van der Waals surface area (Å²) in [5, 5.41) is 9.42. The van der Waals surface area contributed by atoms with Gasteiger partial charge in [0, 0.05) is 19.6 Å². The first-order chi connectivity index (χ1) is 15.0. The number of aliphatic hydroxyl groups is 1. The lowest BCUT2D eigenvalue weighted by molar-refractivity contribution is -0.161. The van der Waals surface area contributed by atoms with Crippen LogP contribution in [-0.4, -0.2) is 77.0 Å². The number of rotatable bonds is 5. The van der Waals surface area contributed by atoms with Crippen LogP contribution in [0.3, 0.4) is 0 Å². The number of primary amides is 1. The molecule has 4 saturated carbocycles. The Kier molecular flexibility index (Phi) is 6.07. The third-order valence-corrected chi connectivity index (χ3v) is 7.78. The molecule has 0 aromatic heterocycles. The van der Waals surface area contributed by atoms with Crippen LogP contribution in [-0.2, 0) is 14.3 Å². The second-order valence-electron chi connectivity index (χ2n) is 11.2. The number of carbonyl (C=O) groups is 3. The molecule has 1 aliphatic heterocycles. The number of ether oxygens (including phenoxy) is 2. The lowest BCUT2D eigenvalue weighted by atomic mass is 9.48. The SMILES string of the molecule is CC(C)(C)OC(=O)N(CCO)[C@@H]1CCN(C(=O)O[C@H]2C3CC4CC2C[C@](C(N)=O)(C4)C3)C1. The first kappa shape index (κ1) is 23.1. The Morgan fingerprint density at radius 2 is 1.81 bits per heavy atom. The molecule has 0 spiro atoms. The van der Waals surface area contributed by atoms with Crippen LogP contribution in [0.4, 0.5) is 9.59 Å². The highest BCUT2D eigenvalue weighted by atomic mass is 16.6. The summed E-state index contributed by atoms with van der Waals surface area (Å²) in [6, 6.07) is -0.221. The van der Waals surface area contributed by atoms with Gasteiger partial charge in [0.1, 0.15) is 11.7 Å². The van der Waals surface area contributed by atoms with Crippen molar-refractivity contribution in [2.24, 2.45) is 28.9 Å². The van der Waals surface area contributed by atoms with Crippen molar-refractivity contribution in [1.82, 2.24) is 9.80 Å². The van der Waals surface area contributed by atoms with Gasteiger partial charge in [-0.25, -0.2) is 9.59 Å². The van der Waals surface area contributed by atoms with Gasteiger partial charge in [0.15, 0.2) is 0 Å². The lowest BCUT2D eigenvalue weighted by Crippen LogP contribution is -2.59. The number of hydrogen-bond acceptors (Lipinski definition) is 6. The van der Waals surface area contributed by atoms with Crippen LogP contribution in [0.5, 0.6) is 0 Å². The number of hydrogen-bond donors (Lipinski definition) is 2. The Bertz CT molecular complexity index is 749. The maximum absolute atomic E-state index is 13.0. The van der Waals surface area contributed by atoms with Crippen molar-refractivity contribution >= 4 is 18.1 Å². The highest BCUT2D eigenvalue weighted by Crippen LogP contribution is 2.60. The molecule has 4 bridgehead atoms. The van der Waals surface area contributed by atoms with Crippen molar-refractivity contribution in [3.63, 3.8) is 0 Å². The first-order valence-corrected chi connectivity index (χ1v) is 11.9. The third kappa shape index (κ3) is 4.40. The van der Waals surface area contributed by atoms with Crippen molar-refractivity contribution in [2.45, 2.75) is 77.0 Å². The molecular formula is C23H37N3O6. The highest BCUT2D eigenvalue weighted by Gasteiger charge is 2.59. The Labute approximate surface area is 189 Å². The average Bonchev–Trinajstić information content (AvgIpc) is 3.16. The second-order valence-corrected chi connectivity index (χ2v) is 11.2. The zero-order valence-electron chi connectivity index (χ0n) is 19.4. The fourth-order valence-corrected chi connectivity index (χ4v) is 6.68.